The van der Waals surface area contributed by atoms with Gasteiger partial charge in [-0.3, -0.25) is 4.79 Å². The zero-order chi connectivity index (χ0) is 21.6. The molecule has 1 aliphatic heterocycles. The quantitative estimate of drug-likeness (QED) is 0.653. The van der Waals surface area contributed by atoms with Crippen LogP contribution in [0.4, 0.5) is 0 Å². The van der Waals surface area contributed by atoms with Crippen molar-refractivity contribution in [3.05, 3.63) is 59.7 Å². The second-order valence-corrected chi connectivity index (χ2v) is 9.64. The van der Waals surface area contributed by atoms with Crippen LogP contribution in [0.15, 0.2) is 53.4 Å². The minimum absolute atomic E-state index is 0.0161. The Morgan fingerprint density at radius 2 is 1.77 bits per heavy atom. The summed E-state index contributed by atoms with van der Waals surface area (Å²) in [5.41, 5.74) is 2.15. The molecule has 0 saturated carbocycles. The molecule has 1 saturated heterocycles. The number of sulfonamides is 1. The van der Waals surface area contributed by atoms with Gasteiger partial charge in [-0.25, -0.2) is 8.42 Å². The number of piperidine rings is 1. The van der Waals surface area contributed by atoms with Crippen LogP contribution in [-0.2, 0) is 21.2 Å². The minimum atomic E-state index is -3.50. The van der Waals surface area contributed by atoms with Crippen molar-refractivity contribution in [1.29, 1.82) is 0 Å². The predicted octanol–water partition coefficient (Wildman–Crippen LogP) is 3.15. The third kappa shape index (κ3) is 5.40. The van der Waals surface area contributed by atoms with Gasteiger partial charge in [0.1, 0.15) is 5.75 Å². The van der Waals surface area contributed by atoms with Gasteiger partial charge in [0.15, 0.2) is 0 Å². The number of carbonyl (C=O) groups is 1. The minimum Gasteiger partial charge on any atom is -0.496 e. The maximum Gasteiger partial charge on any atom is 0.243 e. The summed E-state index contributed by atoms with van der Waals surface area (Å²) in [7, 11) is -1.84. The van der Waals surface area contributed by atoms with Gasteiger partial charge in [0.25, 0.3) is 0 Å². The van der Waals surface area contributed by atoms with Crippen LogP contribution in [0.5, 0.6) is 5.75 Å². The van der Waals surface area contributed by atoms with E-state index in [0.29, 0.717) is 37.4 Å². The SMILES string of the molecule is COc1ccccc1CCCNC(=O)C1CCN(S(=O)(=O)c2ccc(C)cc2)CC1. The summed E-state index contributed by atoms with van der Waals surface area (Å²) < 4.78 is 32.4. The van der Waals surface area contributed by atoms with Gasteiger partial charge >= 0.3 is 0 Å². The molecule has 1 heterocycles. The fourth-order valence-electron chi connectivity index (χ4n) is 3.76. The zero-order valence-electron chi connectivity index (χ0n) is 17.6. The molecular formula is C23H30N2O4S. The van der Waals surface area contributed by atoms with Crippen molar-refractivity contribution in [2.24, 2.45) is 5.92 Å². The summed E-state index contributed by atoms with van der Waals surface area (Å²) in [5, 5.41) is 3.00. The van der Waals surface area contributed by atoms with E-state index in [0.717, 1.165) is 29.7 Å². The smallest absolute Gasteiger partial charge is 0.243 e. The Morgan fingerprint density at radius 3 is 2.43 bits per heavy atom. The third-order valence-electron chi connectivity index (χ3n) is 5.60. The highest BCUT2D eigenvalue weighted by Gasteiger charge is 2.31. The summed E-state index contributed by atoms with van der Waals surface area (Å²) >= 11 is 0. The monoisotopic (exact) mass is 430 g/mol. The van der Waals surface area contributed by atoms with Gasteiger partial charge in [-0.15, -0.1) is 0 Å². The van der Waals surface area contributed by atoms with Gasteiger partial charge in [0.05, 0.1) is 12.0 Å². The van der Waals surface area contributed by atoms with Crippen LogP contribution in [0.2, 0.25) is 0 Å². The Hall–Kier alpha value is -2.38. The topological polar surface area (TPSA) is 75.7 Å². The Balaban J connectivity index is 1.44. The van der Waals surface area contributed by atoms with Gasteiger partial charge in [-0.1, -0.05) is 35.9 Å². The molecule has 162 valence electrons. The van der Waals surface area contributed by atoms with Crippen LogP contribution in [0.1, 0.15) is 30.4 Å². The number of nitrogens with one attached hydrogen (secondary N) is 1. The number of methoxy groups -OCH3 is 1. The van der Waals surface area contributed by atoms with Crippen molar-refractivity contribution in [3.63, 3.8) is 0 Å². The van der Waals surface area contributed by atoms with E-state index >= 15 is 0 Å². The average Bonchev–Trinajstić information content (AvgIpc) is 2.77. The summed E-state index contributed by atoms with van der Waals surface area (Å²) in [5.74, 6) is 0.745. The number of aryl methyl sites for hydroxylation is 2. The normalized spacial score (nSPS) is 15.7. The van der Waals surface area contributed by atoms with Crippen molar-refractivity contribution in [3.8, 4) is 5.75 Å². The highest BCUT2D eigenvalue weighted by Crippen LogP contribution is 2.24. The lowest BCUT2D eigenvalue weighted by Crippen LogP contribution is -2.43. The Morgan fingerprint density at radius 1 is 1.10 bits per heavy atom. The maximum absolute atomic E-state index is 12.8. The van der Waals surface area contributed by atoms with E-state index in [1.807, 2.05) is 31.2 Å². The summed E-state index contributed by atoms with van der Waals surface area (Å²) in [6, 6.07) is 14.8. The van der Waals surface area contributed by atoms with Crippen molar-refractivity contribution >= 4 is 15.9 Å². The van der Waals surface area contributed by atoms with Gasteiger partial charge in [0, 0.05) is 25.6 Å². The van der Waals surface area contributed by atoms with E-state index < -0.39 is 10.0 Å². The average molecular weight is 431 g/mol. The molecule has 2 aromatic rings. The molecule has 0 radical (unpaired) electrons. The first-order valence-corrected chi connectivity index (χ1v) is 11.8. The molecule has 2 aromatic carbocycles. The number of nitrogens with zero attached hydrogens (tertiary/aromatic N) is 1. The number of carbonyl (C=O) groups excluding carboxylic acids is 1. The highest BCUT2D eigenvalue weighted by atomic mass is 32.2. The lowest BCUT2D eigenvalue weighted by atomic mass is 9.97. The highest BCUT2D eigenvalue weighted by molar-refractivity contribution is 7.89. The maximum atomic E-state index is 12.8. The van der Waals surface area contributed by atoms with Crippen LogP contribution in [0.25, 0.3) is 0 Å². The van der Waals surface area contributed by atoms with Gasteiger partial charge in [-0.2, -0.15) is 4.31 Å². The molecule has 3 rings (SSSR count). The molecule has 7 heteroatoms. The van der Waals surface area contributed by atoms with E-state index in [2.05, 4.69) is 5.32 Å². The number of rotatable bonds is 8. The van der Waals surface area contributed by atoms with Crippen LogP contribution in [0.3, 0.4) is 0 Å². The molecule has 0 aromatic heterocycles. The van der Waals surface area contributed by atoms with E-state index in [1.54, 1.807) is 31.4 Å². The van der Waals surface area contributed by atoms with Crippen molar-refractivity contribution < 1.29 is 17.9 Å². The Bertz CT molecular complexity index is 949. The first-order chi connectivity index (χ1) is 14.4. The van der Waals surface area contributed by atoms with Crippen LogP contribution in [0, 0.1) is 12.8 Å². The fraction of sp³-hybridized carbons (Fsp3) is 0.435. The predicted molar refractivity (Wildman–Crippen MR) is 117 cm³/mol. The van der Waals surface area contributed by atoms with Gasteiger partial charge in [-0.05, 0) is 56.4 Å². The standard InChI is InChI=1S/C23H30N2O4S/c1-18-9-11-21(12-10-18)30(27,28)25-16-13-20(14-17-25)23(26)24-15-5-7-19-6-3-4-8-22(19)29-2/h3-4,6,8-12,20H,5,7,13-17H2,1-2H3,(H,24,26). The lowest BCUT2D eigenvalue weighted by Gasteiger charge is -2.30. The molecular weight excluding hydrogens is 400 g/mol. The van der Waals surface area contributed by atoms with Crippen LogP contribution in [-0.4, -0.2) is 45.4 Å². The van der Waals surface area contributed by atoms with Gasteiger partial charge < -0.3 is 10.1 Å². The lowest BCUT2D eigenvalue weighted by molar-refractivity contribution is -0.126. The molecule has 1 N–H and O–H groups in total. The molecule has 0 spiro atoms. The van der Waals surface area contributed by atoms with E-state index in [4.69, 9.17) is 4.74 Å². The molecule has 6 nitrogen and oxygen atoms in total. The van der Waals surface area contributed by atoms with Crippen molar-refractivity contribution in [2.45, 2.75) is 37.5 Å². The zero-order valence-corrected chi connectivity index (χ0v) is 18.5. The Labute approximate surface area is 179 Å². The molecule has 0 unspecified atom stereocenters. The number of para-hydroxylation sites is 1. The first-order valence-electron chi connectivity index (χ1n) is 10.4. The number of hydrogen-bond donors (Lipinski definition) is 1. The first kappa shape index (κ1) is 22.3. The molecule has 0 aliphatic carbocycles. The van der Waals surface area contributed by atoms with E-state index in [1.165, 1.54) is 4.31 Å². The second-order valence-electron chi connectivity index (χ2n) is 7.70. The number of hydrogen-bond acceptors (Lipinski definition) is 4. The Kier molecular flexibility index (Phi) is 7.50. The summed E-state index contributed by atoms with van der Waals surface area (Å²) in [4.78, 5) is 12.8. The number of benzene rings is 2. The van der Waals surface area contributed by atoms with E-state index in [-0.39, 0.29) is 11.8 Å². The van der Waals surface area contributed by atoms with Crippen LogP contribution >= 0.6 is 0 Å². The number of amides is 1. The molecule has 1 fully saturated rings. The molecule has 1 amide bonds. The van der Waals surface area contributed by atoms with Crippen LogP contribution < -0.4 is 10.1 Å². The third-order valence-corrected chi connectivity index (χ3v) is 7.51. The molecule has 0 atom stereocenters. The number of ether oxygens (including phenoxy) is 1. The van der Waals surface area contributed by atoms with E-state index in [9.17, 15) is 13.2 Å². The second kappa shape index (κ2) is 10.1. The fourth-order valence-corrected chi connectivity index (χ4v) is 5.23. The molecule has 1 aliphatic rings. The summed E-state index contributed by atoms with van der Waals surface area (Å²) in [6.07, 6.45) is 2.75. The largest absolute Gasteiger partial charge is 0.496 e. The van der Waals surface area contributed by atoms with Crippen molar-refractivity contribution in [1.82, 2.24) is 9.62 Å². The van der Waals surface area contributed by atoms with Gasteiger partial charge in [0.2, 0.25) is 15.9 Å². The van der Waals surface area contributed by atoms with Crippen molar-refractivity contribution in [2.75, 3.05) is 26.7 Å². The molecule has 30 heavy (non-hydrogen) atoms. The summed E-state index contributed by atoms with van der Waals surface area (Å²) in [6.45, 7) is 3.26. The molecule has 0 bridgehead atoms.